The monoisotopic (exact) mass is 687 g/mol. The van der Waals surface area contributed by atoms with E-state index in [9.17, 15) is 0 Å². The van der Waals surface area contributed by atoms with Crippen LogP contribution in [0.2, 0.25) is 0 Å². The number of aliphatic imine (C=N–C) groups is 2. The molecule has 0 amide bonds. The van der Waals surface area contributed by atoms with Crippen LogP contribution in [0.15, 0.2) is 153 Å². The molecule has 0 spiro atoms. The second kappa shape index (κ2) is 13.7. The molecule has 0 saturated carbocycles. The Balaban J connectivity index is 1.12. The number of allylic oxidation sites excluding steroid dienone is 5. The van der Waals surface area contributed by atoms with E-state index in [1.54, 1.807) is 0 Å². The van der Waals surface area contributed by atoms with Crippen molar-refractivity contribution in [2.75, 3.05) is 0 Å². The van der Waals surface area contributed by atoms with E-state index in [0.29, 0.717) is 18.2 Å². The molecule has 2 aliphatic rings. The van der Waals surface area contributed by atoms with Crippen molar-refractivity contribution in [3.63, 3.8) is 0 Å². The highest BCUT2D eigenvalue weighted by atomic mass is 16.3. The fraction of sp³-hybridized carbons (Fsp3) is 0.143. The standard InChI is InChI=1S/C49H41N3O/c1-31-10-3-6-13-41(31)44-29-39(20-18-32(44)2)49(51-30-33-19-21-34-11-4-5-12-36(34)26-33)52-48(50)38-25-23-35-22-24-37(27-40(35)28-38)42-15-9-17-46-47(42)43-14-7-8-16-45(43)53-46/h5-9,12-29H,3-4,10-11,30H2,1-2H3,(H2,50,51,52). The first-order chi connectivity index (χ1) is 26.0. The lowest BCUT2D eigenvalue weighted by molar-refractivity contribution is 0.669. The predicted octanol–water partition coefficient (Wildman–Crippen LogP) is 12.1. The van der Waals surface area contributed by atoms with Gasteiger partial charge in [0.05, 0.1) is 6.54 Å². The molecule has 0 atom stereocenters. The van der Waals surface area contributed by atoms with Crippen LogP contribution in [0.4, 0.5) is 0 Å². The summed E-state index contributed by atoms with van der Waals surface area (Å²) in [5.74, 6) is 1.06. The lowest BCUT2D eigenvalue weighted by atomic mass is 9.90. The third-order valence-corrected chi connectivity index (χ3v) is 10.8. The molecule has 4 nitrogen and oxygen atoms in total. The third-order valence-electron chi connectivity index (χ3n) is 10.8. The Bertz CT molecular complexity index is 2730. The largest absolute Gasteiger partial charge is 0.456 e. The highest BCUT2D eigenvalue weighted by molar-refractivity contribution is 6.14. The van der Waals surface area contributed by atoms with E-state index < -0.39 is 0 Å². The summed E-state index contributed by atoms with van der Waals surface area (Å²) in [7, 11) is 0. The van der Waals surface area contributed by atoms with E-state index in [-0.39, 0.29) is 0 Å². The zero-order chi connectivity index (χ0) is 35.9. The van der Waals surface area contributed by atoms with Crippen LogP contribution >= 0.6 is 0 Å². The molecule has 7 aromatic rings. The topological polar surface area (TPSA) is 63.9 Å². The van der Waals surface area contributed by atoms with Crippen LogP contribution < -0.4 is 5.73 Å². The molecule has 0 unspecified atom stereocenters. The first-order valence-electron chi connectivity index (χ1n) is 18.6. The van der Waals surface area contributed by atoms with Gasteiger partial charge in [-0.15, -0.1) is 0 Å². The van der Waals surface area contributed by atoms with Gasteiger partial charge in [0.1, 0.15) is 17.0 Å². The minimum absolute atomic E-state index is 0.433. The van der Waals surface area contributed by atoms with E-state index in [1.807, 2.05) is 18.2 Å². The van der Waals surface area contributed by atoms with E-state index in [4.69, 9.17) is 20.1 Å². The number of aryl methyl sites for hydroxylation is 2. The van der Waals surface area contributed by atoms with Crippen LogP contribution in [0.5, 0.6) is 0 Å². The van der Waals surface area contributed by atoms with Crippen LogP contribution in [0.3, 0.4) is 0 Å². The predicted molar refractivity (Wildman–Crippen MR) is 224 cm³/mol. The Hall–Kier alpha value is -6.26. The molecule has 258 valence electrons. The summed E-state index contributed by atoms with van der Waals surface area (Å²) < 4.78 is 6.20. The van der Waals surface area contributed by atoms with Crippen LogP contribution in [0, 0.1) is 6.92 Å². The Kier molecular flexibility index (Phi) is 8.44. The summed E-state index contributed by atoms with van der Waals surface area (Å²) in [6, 6.07) is 40.7. The van der Waals surface area contributed by atoms with Gasteiger partial charge in [-0.25, -0.2) is 4.99 Å². The zero-order valence-electron chi connectivity index (χ0n) is 30.2. The molecule has 0 radical (unpaired) electrons. The minimum atomic E-state index is 0.433. The number of nitrogens with two attached hydrogens (primary N) is 1. The zero-order valence-corrected chi connectivity index (χ0v) is 30.2. The maximum atomic E-state index is 6.92. The van der Waals surface area contributed by atoms with Crippen LogP contribution in [-0.2, 0) is 13.0 Å². The number of rotatable bonds is 6. The second-order valence-electron chi connectivity index (χ2n) is 14.3. The van der Waals surface area contributed by atoms with Gasteiger partial charge >= 0.3 is 0 Å². The van der Waals surface area contributed by atoms with Gasteiger partial charge < -0.3 is 10.2 Å². The Morgan fingerprint density at radius 3 is 2.45 bits per heavy atom. The van der Waals surface area contributed by atoms with Crippen molar-refractivity contribution >= 4 is 56.0 Å². The lowest BCUT2D eigenvalue weighted by Crippen LogP contribution is -2.16. The van der Waals surface area contributed by atoms with Crippen molar-refractivity contribution in [2.24, 2.45) is 15.7 Å². The SMILES string of the molecule is CC1=C(c2cc(C(/N=C(\N)c3ccc4ccc(-c5cccc6oc7ccccc7c56)cc4c3)=N/Cc3ccc4c(c3)C=CCC4)ccc2C)C=CCC1. The number of nitrogens with zero attached hydrogens (tertiary/aromatic N) is 2. The van der Waals surface area contributed by atoms with Gasteiger partial charge in [-0.05, 0) is 131 Å². The van der Waals surface area contributed by atoms with E-state index in [1.165, 1.54) is 33.4 Å². The lowest BCUT2D eigenvalue weighted by Gasteiger charge is -2.16. The summed E-state index contributed by atoms with van der Waals surface area (Å²) in [6.07, 6.45) is 13.4. The van der Waals surface area contributed by atoms with Gasteiger partial charge in [0.15, 0.2) is 5.84 Å². The van der Waals surface area contributed by atoms with Crippen molar-refractivity contribution in [3.05, 3.63) is 178 Å². The molecular formula is C49H41N3O. The van der Waals surface area contributed by atoms with Crippen molar-refractivity contribution in [2.45, 2.75) is 46.1 Å². The maximum Gasteiger partial charge on any atom is 0.157 e. The fourth-order valence-electron chi connectivity index (χ4n) is 7.85. The Morgan fingerprint density at radius 1 is 0.698 bits per heavy atom. The molecule has 4 heteroatoms. The first-order valence-corrected chi connectivity index (χ1v) is 18.6. The van der Waals surface area contributed by atoms with Crippen molar-refractivity contribution in [1.29, 1.82) is 0 Å². The van der Waals surface area contributed by atoms with E-state index in [2.05, 4.69) is 135 Å². The normalized spacial score (nSPS) is 14.8. The van der Waals surface area contributed by atoms with Crippen LogP contribution in [0.1, 0.15) is 65.1 Å². The number of hydrogen-bond donors (Lipinski definition) is 1. The molecular weight excluding hydrogens is 647 g/mol. The number of benzene rings is 6. The summed E-state index contributed by atoms with van der Waals surface area (Å²) in [5.41, 5.74) is 21.7. The average molecular weight is 688 g/mol. The van der Waals surface area contributed by atoms with Gasteiger partial charge in [-0.2, -0.15) is 0 Å². The van der Waals surface area contributed by atoms with Crippen molar-refractivity contribution < 1.29 is 4.42 Å². The van der Waals surface area contributed by atoms with Gasteiger partial charge in [0.25, 0.3) is 0 Å². The quantitative estimate of drug-likeness (QED) is 0.140. The molecule has 0 aliphatic heterocycles. The Morgan fingerprint density at radius 2 is 1.53 bits per heavy atom. The summed E-state index contributed by atoms with van der Waals surface area (Å²) in [4.78, 5) is 10.3. The summed E-state index contributed by atoms with van der Waals surface area (Å²) >= 11 is 0. The molecule has 9 rings (SSSR count). The molecule has 0 saturated heterocycles. The van der Waals surface area contributed by atoms with Crippen molar-refractivity contribution in [1.82, 2.24) is 0 Å². The molecule has 53 heavy (non-hydrogen) atoms. The van der Waals surface area contributed by atoms with Crippen LogP contribution in [0.25, 0.3) is 55.5 Å². The molecule has 0 bridgehead atoms. The number of hydrogen-bond acceptors (Lipinski definition) is 2. The van der Waals surface area contributed by atoms with Gasteiger partial charge in [-0.1, -0.05) is 109 Å². The molecule has 0 fully saturated rings. The van der Waals surface area contributed by atoms with Crippen molar-refractivity contribution in [3.8, 4) is 11.1 Å². The maximum absolute atomic E-state index is 6.92. The highest BCUT2D eigenvalue weighted by Gasteiger charge is 2.15. The molecule has 1 heterocycles. The number of para-hydroxylation sites is 1. The van der Waals surface area contributed by atoms with E-state index in [0.717, 1.165) is 86.2 Å². The average Bonchev–Trinajstić information content (AvgIpc) is 3.58. The van der Waals surface area contributed by atoms with Gasteiger partial charge in [-0.3, -0.25) is 4.99 Å². The molecule has 2 aliphatic carbocycles. The van der Waals surface area contributed by atoms with Crippen LogP contribution in [-0.4, -0.2) is 11.7 Å². The summed E-state index contributed by atoms with van der Waals surface area (Å²) in [5, 5.41) is 4.47. The smallest absolute Gasteiger partial charge is 0.157 e. The number of fused-ring (bicyclic) bond motifs is 5. The summed E-state index contributed by atoms with van der Waals surface area (Å²) in [6.45, 7) is 4.92. The molecule has 6 aromatic carbocycles. The van der Waals surface area contributed by atoms with E-state index >= 15 is 0 Å². The number of amidine groups is 2. The first kappa shape index (κ1) is 32.6. The fourth-order valence-corrected chi connectivity index (χ4v) is 7.85. The highest BCUT2D eigenvalue weighted by Crippen LogP contribution is 2.37. The molecule has 1 aromatic heterocycles. The number of furan rings is 1. The van der Waals surface area contributed by atoms with Gasteiger partial charge in [0.2, 0.25) is 0 Å². The van der Waals surface area contributed by atoms with Gasteiger partial charge in [0, 0.05) is 21.9 Å². The third kappa shape index (κ3) is 6.31. The Labute approximate surface area is 310 Å². The minimum Gasteiger partial charge on any atom is -0.456 e. The second-order valence-corrected chi connectivity index (χ2v) is 14.3. The molecule has 2 N–H and O–H groups in total.